The van der Waals surface area contributed by atoms with Crippen molar-refractivity contribution in [1.82, 2.24) is 10.2 Å². The molecule has 0 bridgehead atoms. The van der Waals surface area contributed by atoms with E-state index in [1.165, 1.54) is 5.56 Å². The van der Waals surface area contributed by atoms with Gasteiger partial charge < -0.3 is 10.2 Å². The Balaban J connectivity index is 1.47. The molecule has 148 valence electrons. The molecule has 3 aromatic carbocycles. The number of hydrogen-bond donors (Lipinski definition) is 1. The van der Waals surface area contributed by atoms with E-state index in [2.05, 4.69) is 36.5 Å². The molecule has 0 radical (unpaired) electrons. The molecule has 1 fully saturated rings. The minimum Gasteiger partial charge on any atom is -0.340 e. The number of aryl methyl sites for hydroxylation is 1. The molecule has 1 aliphatic rings. The standard InChI is InChI=1S/C25H26N2O2/c1-18-9-11-19(12-10-18)17-27-15-5-4-8-23(25(27)29)26-24(28)22-14-13-20-6-2-3-7-21(20)16-22/h2-3,6-7,9-14,16,23H,4-5,8,15,17H2,1H3,(H,26,28). The molecule has 1 N–H and O–H groups in total. The Bertz CT molecular complexity index is 1030. The number of likely N-dealkylation sites (tertiary alicyclic amines) is 1. The summed E-state index contributed by atoms with van der Waals surface area (Å²) in [5.74, 6) is -0.177. The highest BCUT2D eigenvalue weighted by atomic mass is 16.2. The van der Waals surface area contributed by atoms with Gasteiger partial charge in [-0.25, -0.2) is 0 Å². The average molecular weight is 386 g/mol. The molecule has 0 saturated carbocycles. The van der Waals surface area contributed by atoms with Gasteiger partial charge in [0.1, 0.15) is 6.04 Å². The summed E-state index contributed by atoms with van der Waals surface area (Å²) in [5.41, 5.74) is 2.91. The van der Waals surface area contributed by atoms with E-state index in [9.17, 15) is 9.59 Å². The molecule has 1 aliphatic heterocycles. The second-order valence-electron chi connectivity index (χ2n) is 7.83. The minimum absolute atomic E-state index is 0.0113. The molecular formula is C25H26N2O2. The van der Waals surface area contributed by atoms with Gasteiger partial charge in [-0.2, -0.15) is 0 Å². The fourth-order valence-electron chi connectivity index (χ4n) is 3.88. The largest absolute Gasteiger partial charge is 0.340 e. The first-order chi connectivity index (χ1) is 14.1. The quantitative estimate of drug-likeness (QED) is 0.720. The van der Waals surface area contributed by atoms with E-state index in [1.807, 2.05) is 47.4 Å². The molecule has 3 aromatic rings. The third-order valence-corrected chi connectivity index (χ3v) is 5.59. The first kappa shape index (κ1) is 19.2. The topological polar surface area (TPSA) is 49.4 Å². The van der Waals surface area contributed by atoms with Crippen molar-refractivity contribution in [2.75, 3.05) is 6.54 Å². The van der Waals surface area contributed by atoms with Crippen LogP contribution in [0.15, 0.2) is 66.7 Å². The van der Waals surface area contributed by atoms with Crippen LogP contribution in [0.1, 0.15) is 40.7 Å². The van der Waals surface area contributed by atoms with Crippen molar-refractivity contribution in [3.8, 4) is 0 Å². The monoisotopic (exact) mass is 386 g/mol. The van der Waals surface area contributed by atoms with Crippen molar-refractivity contribution in [1.29, 1.82) is 0 Å². The molecule has 0 aromatic heterocycles. The molecule has 1 heterocycles. The van der Waals surface area contributed by atoms with Crippen LogP contribution in [0.3, 0.4) is 0 Å². The van der Waals surface area contributed by atoms with Gasteiger partial charge in [0.15, 0.2) is 0 Å². The lowest BCUT2D eigenvalue weighted by Gasteiger charge is -2.25. The van der Waals surface area contributed by atoms with Gasteiger partial charge in [-0.05, 0) is 54.7 Å². The lowest BCUT2D eigenvalue weighted by atomic mass is 10.1. The molecule has 1 saturated heterocycles. The number of nitrogens with one attached hydrogen (secondary N) is 1. The zero-order chi connectivity index (χ0) is 20.2. The summed E-state index contributed by atoms with van der Waals surface area (Å²) in [7, 11) is 0. The molecular weight excluding hydrogens is 360 g/mol. The Hall–Kier alpha value is -3.14. The molecule has 0 spiro atoms. The first-order valence-electron chi connectivity index (χ1n) is 10.2. The third kappa shape index (κ3) is 4.48. The zero-order valence-corrected chi connectivity index (χ0v) is 16.7. The summed E-state index contributed by atoms with van der Waals surface area (Å²) in [5, 5.41) is 5.10. The van der Waals surface area contributed by atoms with Crippen molar-refractivity contribution >= 4 is 22.6 Å². The number of nitrogens with zero attached hydrogens (tertiary/aromatic N) is 1. The van der Waals surface area contributed by atoms with Gasteiger partial charge >= 0.3 is 0 Å². The van der Waals surface area contributed by atoms with Gasteiger partial charge in [-0.15, -0.1) is 0 Å². The van der Waals surface area contributed by atoms with Gasteiger partial charge in [0.2, 0.25) is 5.91 Å². The highest BCUT2D eigenvalue weighted by Gasteiger charge is 2.28. The lowest BCUT2D eigenvalue weighted by molar-refractivity contribution is -0.133. The summed E-state index contributed by atoms with van der Waals surface area (Å²) in [6, 6.07) is 21.4. The maximum Gasteiger partial charge on any atom is 0.251 e. The Morgan fingerprint density at radius 1 is 1.00 bits per heavy atom. The van der Waals surface area contributed by atoms with E-state index in [0.29, 0.717) is 18.5 Å². The number of carbonyl (C=O) groups excluding carboxylic acids is 2. The van der Waals surface area contributed by atoms with E-state index >= 15 is 0 Å². The highest BCUT2D eigenvalue weighted by Crippen LogP contribution is 2.18. The van der Waals surface area contributed by atoms with E-state index in [4.69, 9.17) is 0 Å². The minimum atomic E-state index is -0.470. The predicted octanol–water partition coefficient (Wildman–Crippen LogP) is 4.46. The van der Waals surface area contributed by atoms with Crippen LogP contribution in [0.25, 0.3) is 10.8 Å². The van der Waals surface area contributed by atoms with E-state index in [-0.39, 0.29) is 11.8 Å². The van der Waals surface area contributed by atoms with Crippen LogP contribution in [0.4, 0.5) is 0 Å². The molecule has 0 aliphatic carbocycles. The molecule has 4 heteroatoms. The van der Waals surface area contributed by atoms with E-state index < -0.39 is 6.04 Å². The van der Waals surface area contributed by atoms with Gasteiger partial charge in [-0.1, -0.05) is 60.2 Å². The molecule has 1 unspecified atom stereocenters. The SMILES string of the molecule is Cc1ccc(CN2CCCCC(NC(=O)c3ccc4ccccc4c3)C2=O)cc1. The van der Waals surface area contributed by atoms with E-state index in [1.54, 1.807) is 0 Å². The number of carbonyl (C=O) groups is 2. The number of rotatable bonds is 4. The first-order valence-corrected chi connectivity index (χ1v) is 10.2. The highest BCUT2D eigenvalue weighted by molar-refractivity contribution is 6.00. The Morgan fingerprint density at radius 2 is 1.76 bits per heavy atom. The maximum atomic E-state index is 13.1. The van der Waals surface area contributed by atoms with Crippen LogP contribution in [0.5, 0.6) is 0 Å². The Kier molecular flexibility index (Phi) is 5.61. The zero-order valence-electron chi connectivity index (χ0n) is 16.7. The van der Waals surface area contributed by atoms with Crippen LogP contribution in [0, 0.1) is 6.92 Å². The van der Waals surface area contributed by atoms with E-state index in [0.717, 1.165) is 35.7 Å². The molecule has 2 amide bonds. The smallest absolute Gasteiger partial charge is 0.251 e. The lowest BCUT2D eigenvalue weighted by Crippen LogP contribution is -2.47. The average Bonchev–Trinajstić information content (AvgIpc) is 2.91. The van der Waals surface area contributed by atoms with Crippen molar-refractivity contribution in [3.63, 3.8) is 0 Å². The molecule has 29 heavy (non-hydrogen) atoms. The summed E-state index contributed by atoms with van der Waals surface area (Å²) >= 11 is 0. The fraction of sp³-hybridized carbons (Fsp3) is 0.280. The van der Waals surface area contributed by atoms with Crippen molar-refractivity contribution in [3.05, 3.63) is 83.4 Å². The van der Waals surface area contributed by atoms with Crippen LogP contribution in [-0.4, -0.2) is 29.3 Å². The molecule has 1 atom stereocenters. The Morgan fingerprint density at radius 3 is 2.55 bits per heavy atom. The summed E-state index contributed by atoms with van der Waals surface area (Å²) < 4.78 is 0. The van der Waals surface area contributed by atoms with Gasteiger partial charge in [0, 0.05) is 18.7 Å². The molecule has 4 nitrogen and oxygen atoms in total. The van der Waals surface area contributed by atoms with Gasteiger partial charge in [0.25, 0.3) is 5.91 Å². The summed E-state index contributed by atoms with van der Waals surface area (Å²) in [6.45, 7) is 3.37. The van der Waals surface area contributed by atoms with Crippen molar-refractivity contribution in [2.45, 2.75) is 38.8 Å². The summed E-state index contributed by atoms with van der Waals surface area (Å²) in [4.78, 5) is 27.8. The van der Waals surface area contributed by atoms with Crippen LogP contribution in [0.2, 0.25) is 0 Å². The van der Waals surface area contributed by atoms with Crippen molar-refractivity contribution < 1.29 is 9.59 Å². The normalized spacial score (nSPS) is 17.2. The van der Waals surface area contributed by atoms with Gasteiger partial charge in [0.05, 0.1) is 0 Å². The third-order valence-electron chi connectivity index (χ3n) is 5.59. The van der Waals surface area contributed by atoms with Crippen LogP contribution >= 0.6 is 0 Å². The van der Waals surface area contributed by atoms with Crippen LogP contribution < -0.4 is 5.32 Å². The number of benzene rings is 3. The maximum absolute atomic E-state index is 13.1. The summed E-state index contributed by atoms with van der Waals surface area (Å²) in [6.07, 6.45) is 2.57. The predicted molar refractivity (Wildman–Crippen MR) is 116 cm³/mol. The van der Waals surface area contributed by atoms with Crippen LogP contribution in [-0.2, 0) is 11.3 Å². The second-order valence-corrected chi connectivity index (χ2v) is 7.83. The number of fused-ring (bicyclic) bond motifs is 1. The van der Waals surface area contributed by atoms with Gasteiger partial charge in [-0.3, -0.25) is 9.59 Å². The van der Waals surface area contributed by atoms with Crippen molar-refractivity contribution in [2.24, 2.45) is 0 Å². The number of amides is 2. The number of hydrogen-bond acceptors (Lipinski definition) is 2. The Labute approximate surface area is 171 Å². The second kappa shape index (κ2) is 8.48. The fourth-order valence-corrected chi connectivity index (χ4v) is 3.88. The molecule has 4 rings (SSSR count).